The quantitative estimate of drug-likeness (QED) is 0.284. The highest BCUT2D eigenvalue weighted by atomic mass is 32.2. The van der Waals surface area contributed by atoms with Gasteiger partial charge in [0, 0.05) is 27.9 Å². The van der Waals surface area contributed by atoms with Crippen molar-refractivity contribution in [3.63, 3.8) is 0 Å². The summed E-state index contributed by atoms with van der Waals surface area (Å²) in [6.45, 7) is 29.2. The van der Waals surface area contributed by atoms with Crippen molar-refractivity contribution in [1.82, 2.24) is 9.80 Å². The van der Waals surface area contributed by atoms with Gasteiger partial charge in [0.25, 0.3) is 0 Å². The summed E-state index contributed by atoms with van der Waals surface area (Å²) in [5.74, 6) is 1.39. The molecule has 5 heteroatoms. The van der Waals surface area contributed by atoms with Gasteiger partial charge in [-0.05, 0) is 177 Å². The fourth-order valence-corrected chi connectivity index (χ4v) is 16.1. The third kappa shape index (κ3) is 8.06. The van der Waals surface area contributed by atoms with Gasteiger partial charge in [-0.2, -0.15) is 0 Å². The third-order valence-corrected chi connectivity index (χ3v) is 19.8. The molecule has 0 spiro atoms. The number of para-hydroxylation sites is 1. The average molecular weight is 973 g/mol. The zero-order valence-corrected chi connectivity index (χ0v) is 46.7. The van der Waals surface area contributed by atoms with Crippen LogP contribution in [0.1, 0.15) is 165 Å². The molecular weight excluding hydrogens is 892 g/mol. The van der Waals surface area contributed by atoms with Crippen LogP contribution >= 0.6 is 11.8 Å². The van der Waals surface area contributed by atoms with E-state index in [1.165, 1.54) is 91.7 Å². The third-order valence-electron chi connectivity index (χ3n) is 18.8. The van der Waals surface area contributed by atoms with Crippen LogP contribution in [0.25, 0.3) is 23.1 Å². The Hall–Kier alpha value is -4.61. The summed E-state index contributed by atoms with van der Waals surface area (Å²) in [5.41, 5.74) is 22.6. The van der Waals surface area contributed by atoms with Crippen LogP contribution in [-0.2, 0) is 0 Å². The molecule has 3 nitrogen and oxygen atoms in total. The van der Waals surface area contributed by atoms with Gasteiger partial charge < -0.3 is 14.2 Å². The largest absolute Gasteiger partial charge is 0.456 e. The molecule has 1 saturated heterocycles. The Bertz CT molecular complexity index is 3120. The zero-order chi connectivity index (χ0) is 50.2. The number of hydrogen-bond acceptors (Lipinski definition) is 4. The fourth-order valence-electron chi connectivity index (χ4n) is 15.1. The summed E-state index contributed by atoms with van der Waals surface area (Å²) < 4.78 is 7.13. The van der Waals surface area contributed by atoms with Crippen LogP contribution < -0.4 is 10.6 Å². The van der Waals surface area contributed by atoms with E-state index in [0.717, 1.165) is 55.9 Å². The minimum atomic E-state index is 0.0391. The second-order valence-electron chi connectivity index (χ2n) is 26.7. The van der Waals surface area contributed by atoms with E-state index < -0.39 is 0 Å². The Morgan fingerprint density at radius 1 is 0.722 bits per heavy atom. The summed E-state index contributed by atoms with van der Waals surface area (Å²) in [7, 11) is 0. The van der Waals surface area contributed by atoms with Crippen LogP contribution in [0, 0.1) is 34.0 Å². The first-order chi connectivity index (χ1) is 34.3. The first-order valence-electron chi connectivity index (χ1n) is 28.2. The maximum Gasteiger partial charge on any atom is 0.233 e. The zero-order valence-electron chi connectivity index (χ0n) is 45.8. The van der Waals surface area contributed by atoms with Crippen LogP contribution in [0.3, 0.4) is 0 Å². The number of hydrogen-bond donors (Lipinski definition) is 0. The normalized spacial score (nSPS) is 29.8. The Morgan fingerprint density at radius 3 is 2.12 bits per heavy atom. The number of fused-ring (bicyclic) bond motifs is 9. The molecule has 1 aromatic heterocycles. The Balaban J connectivity index is 1.08. The molecule has 0 radical (unpaired) electrons. The summed E-state index contributed by atoms with van der Waals surface area (Å²) in [6, 6.07) is 8.10. The molecule has 5 heterocycles. The highest BCUT2D eigenvalue weighted by Crippen LogP contribution is 2.62. The standard InChI is InChI=1S/C67H81BN2OS/c1-40-32-53-52(50-23-19-22-49-48-20-16-17-24-60(48)71-63(49)50)37-43-36-47(69(57-29-25-44(34-41(57)2)65(4,5)6)58-30-26-45(35-42(58)3)66(7,8)9)27-28-55(43)68-56-39-46(67(10,11)12)38-54-51-21-15-13-14-18-31-72-64(51)70(62(54)56)59(33-40)61(53)68/h18-20,22-28,31,33-35,38-39,43,52-54,57-58,62H,13-17,21,29-30,32,36-37H2,1-12H3/b31-18+/t43?,52-,53?,54?,57?,58?,62?/m0/s1. The van der Waals surface area contributed by atoms with Crippen LogP contribution in [0.2, 0.25) is 0 Å². The smallest absolute Gasteiger partial charge is 0.233 e. The van der Waals surface area contributed by atoms with Gasteiger partial charge >= 0.3 is 0 Å². The second kappa shape index (κ2) is 17.8. The second-order valence-corrected chi connectivity index (χ2v) is 27.6. The molecule has 7 atom stereocenters. The lowest BCUT2D eigenvalue weighted by Crippen LogP contribution is -2.51. The molecule has 12 rings (SSSR count). The van der Waals surface area contributed by atoms with E-state index in [0.29, 0.717) is 41.8 Å². The summed E-state index contributed by atoms with van der Waals surface area (Å²) >= 11 is 2.02. The van der Waals surface area contributed by atoms with Crippen molar-refractivity contribution in [2.75, 3.05) is 0 Å². The number of rotatable bonds is 4. The van der Waals surface area contributed by atoms with Crippen molar-refractivity contribution in [1.29, 1.82) is 0 Å². The van der Waals surface area contributed by atoms with Crippen LogP contribution in [0.5, 0.6) is 0 Å². The lowest BCUT2D eigenvalue weighted by molar-refractivity contribution is 0.208. The Kier molecular flexibility index (Phi) is 11.9. The molecule has 4 aliphatic heterocycles. The number of allylic oxidation sites excluding steroid dienone is 14. The maximum absolute atomic E-state index is 7.13. The van der Waals surface area contributed by atoms with Gasteiger partial charge in [0.05, 0.1) is 23.2 Å². The molecule has 72 heavy (non-hydrogen) atoms. The van der Waals surface area contributed by atoms with Crippen molar-refractivity contribution in [3.05, 3.63) is 172 Å². The lowest BCUT2D eigenvalue weighted by Gasteiger charge is -2.49. The van der Waals surface area contributed by atoms with Crippen LogP contribution in [0.4, 0.5) is 0 Å². The van der Waals surface area contributed by atoms with Crippen molar-refractivity contribution >= 4 is 41.6 Å². The van der Waals surface area contributed by atoms with Gasteiger partial charge in [-0.3, -0.25) is 0 Å². The first-order valence-corrected chi connectivity index (χ1v) is 29.1. The van der Waals surface area contributed by atoms with Crippen LogP contribution in [-0.4, -0.2) is 34.6 Å². The molecule has 374 valence electrons. The Labute approximate surface area is 437 Å². The molecule has 1 aromatic carbocycles. The Morgan fingerprint density at radius 2 is 1.43 bits per heavy atom. The molecular formula is C67H81BN2OS. The molecule has 2 aromatic rings. The lowest BCUT2D eigenvalue weighted by atomic mass is 9.28. The summed E-state index contributed by atoms with van der Waals surface area (Å²) in [4.78, 5) is 5.86. The maximum atomic E-state index is 7.13. The topological polar surface area (TPSA) is 19.6 Å². The highest BCUT2D eigenvalue weighted by Gasteiger charge is 2.57. The van der Waals surface area contributed by atoms with Crippen LogP contribution in [0.15, 0.2) is 161 Å². The average Bonchev–Trinajstić information content (AvgIpc) is 3.85. The van der Waals surface area contributed by atoms with Crippen molar-refractivity contribution in [2.24, 2.45) is 34.0 Å². The van der Waals surface area contributed by atoms with Gasteiger partial charge in [0.15, 0.2) is 0 Å². The predicted molar refractivity (Wildman–Crippen MR) is 308 cm³/mol. The highest BCUT2D eigenvalue weighted by molar-refractivity contribution is 8.05. The van der Waals surface area contributed by atoms with Gasteiger partial charge in [0.1, 0.15) is 11.0 Å². The molecule has 0 saturated carbocycles. The van der Waals surface area contributed by atoms with E-state index in [1.807, 2.05) is 11.8 Å². The van der Waals surface area contributed by atoms with Gasteiger partial charge in [-0.15, -0.1) is 0 Å². The van der Waals surface area contributed by atoms with Crippen molar-refractivity contribution < 1.29 is 4.42 Å². The van der Waals surface area contributed by atoms with Gasteiger partial charge in [-0.1, -0.05) is 180 Å². The number of furan rings is 1. The minimum Gasteiger partial charge on any atom is -0.456 e. The van der Waals surface area contributed by atoms with E-state index in [9.17, 15) is 0 Å². The molecule has 0 bridgehead atoms. The monoisotopic (exact) mass is 973 g/mol. The SMILES string of the molecule is CC1=CC2=C3B(C4=CC=C(N(C5CC=C(C(C)(C)C)C=C5C)C5CC=C(C(C)(C)C)C=C5C)CC4C[C@@H](c4cccc5c6c(oc45)=CCCC=6)C3C1)C1=CC(C(C)(C)C)=CC3C4=C(S/C=C/CCCC4)N2C13. The van der Waals surface area contributed by atoms with E-state index in [1.54, 1.807) is 22.0 Å². The molecule has 1 fully saturated rings. The van der Waals surface area contributed by atoms with E-state index in [-0.39, 0.29) is 23.0 Å². The number of benzene rings is 1. The van der Waals surface area contributed by atoms with Gasteiger partial charge in [0.2, 0.25) is 6.71 Å². The molecule has 6 unspecified atom stereocenters. The van der Waals surface area contributed by atoms with Crippen molar-refractivity contribution in [3.8, 4) is 0 Å². The summed E-state index contributed by atoms with van der Waals surface area (Å²) in [5, 5.41) is 6.57. The minimum absolute atomic E-state index is 0.0391. The molecule has 0 N–H and O–H groups in total. The first kappa shape index (κ1) is 48.3. The van der Waals surface area contributed by atoms with E-state index in [2.05, 4.69) is 189 Å². The van der Waals surface area contributed by atoms with Gasteiger partial charge in [-0.25, -0.2) is 0 Å². The fraction of sp³-hybridized carbons (Fsp3) is 0.493. The van der Waals surface area contributed by atoms with E-state index >= 15 is 0 Å². The molecule has 10 aliphatic rings. The van der Waals surface area contributed by atoms with E-state index in [4.69, 9.17) is 4.42 Å². The summed E-state index contributed by atoms with van der Waals surface area (Å²) in [6.07, 6.45) is 43.3. The molecule has 6 aliphatic carbocycles. The van der Waals surface area contributed by atoms with Crippen molar-refractivity contribution in [2.45, 2.75) is 178 Å². The predicted octanol–water partition coefficient (Wildman–Crippen LogP) is 16.4. The number of nitrogens with zero attached hydrogens (tertiary/aromatic N) is 2. The molecule has 0 amide bonds. The number of thioether (sulfide) groups is 1.